The van der Waals surface area contributed by atoms with Gasteiger partial charge in [0.2, 0.25) is 15.9 Å². The molecular formula is C20H27ClF3N3O3S. The number of sulfonamides is 1. The molecule has 2 unspecified atom stereocenters. The van der Waals surface area contributed by atoms with Gasteiger partial charge in [0, 0.05) is 39.3 Å². The summed E-state index contributed by atoms with van der Waals surface area (Å²) < 4.78 is 66.0. The van der Waals surface area contributed by atoms with E-state index in [4.69, 9.17) is 11.6 Å². The molecule has 2 heterocycles. The molecule has 11 heteroatoms. The van der Waals surface area contributed by atoms with Crippen molar-refractivity contribution in [1.29, 1.82) is 0 Å². The van der Waals surface area contributed by atoms with E-state index >= 15 is 0 Å². The van der Waals surface area contributed by atoms with E-state index in [1.165, 1.54) is 0 Å². The van der Waals surface area contributed by atoms with Crippen LogP contribution in [0.1, 0.15) is 25.8 Å². The fourth-order valence-corrected chi connectivity index (χ4v) is 6.22. The summed E-state index contributed by atoms with van der Waals surface area (Å²) in [5, 5.41) is -0.251. The largest absolute Gasteiger partial charge is 0.416 e. The third kappa shape index (κ3) is 5.71. The molecule has 1 aromatic carbocycles. The first-order chi connectivity index (χ1) is 14.4. The second-order valence-electron chi connectivity index (χ2n) is 8.57. The van der Waals surface area contributed by atoms with Gasteiger partial charge in [0.1, 0.15) is 4.90 Å². The van der Waals surface area contributed by atoms with E-state index in [0.717, 1.165) is 35.9 Å². The van der Waals surface area contributed by atoms with Crippen LogP contribution in [0.4, 0.5) is 13.2 Å². The highest BCUT2D eigenvalue weighted by molar-refractivity contribution is 7.89. The normalized spacial score (nSPS) is 24.4. The van der Waals surface area contributed by atoms with Crippen molar-refractivity contribution in [3.63, 3.8) is 0 Å². The number of carbonyl (C=O) groups is 1. The fourth-order valence-electron chi connectivity index (χ4n) is 4.30. The molecule has 1 aromatic rings. The van der Waals surface area contributed by atoms with Gasteiger partial charge in [-0.3, -0.25) is 9.69 Å². The Morgan fingerprint density at radius 2 is 1.68 bits per heavy atom. The Kier molecular flexibility index (Phi) is 7.25. The summed E-state index contributed by atoms with van der Waals surface area (Å²) in [7, 11) is -4.18. The van der Waals surface area contributed by atoms with Crippen LogP contribution >= 0.6 is 11.6 Å². The summed E-state index contributed by atoms with van der Waals surface area (Å²) in [4.78, 5) is 15.9. The van der Waals surface area contributed by atoms with E-state index in [1.54, 1.807) is 0 Å². The van der Waals surface area contributed by atoms with E-state index in [0.29, 0.717) is 31.0 Å². The standard InChI is InChI=1S/C20H27ClF3N3O3S/c1-14-9-15(2)12-26(11-14)19(28)13-25-5-7-27(8-6-25)31(29,30)18-10-16(20(22,23)24)3-4-17(18)21/h3-4,10,14-15H,5-9,11-13H2,1-2H3. The van der Waals surface area contributed by atoms with Crippen LogP contribution in [0, 0.1) is 11.8 Å². The number of hydrogen-bond acceptors (Lipinski definition) is 4. The first-order valence-corrected chi connectivity index (χ1v) is 12.1. The van der Waals surface area contributed by atoms with Crippen molar-refractivity contribution in [2.24, 2.45) is 11.8 Å². The SMILES string of the molecule is CC1CC(C)CN(C(=O)CN2CCN(S(=O)(=O)c3cc(C(F)(F)F)ccc3Cl)CC2)C1. The summed E-state index contributed by atoms with van der Waals surface area (Å²) in [6.07, 6.45) is -3.57. The molecule has 1 amide bonds. The predicted octanol–water partition coefficient (Wildman–Crippen LogP) is 3.17. The summed E-state index contributed by atoms with van der Waals surface area (Å²) in [6, 6.07) is 2.28. The van der Waals surface area contributed by atoms with Gasteiger partial charge in [-0.25, -0.2) is 8.42 Å². The number of rotatable bonds is 4. The van der Waals surface area contributed by atoms with Gasteiger partial charge in [0.05, 0.1) is 17.1 Å². The number of halogens is 4. The lowest BCUT2D eigenvalue weighted by Crippen LogP contribution is -2.53. The number of nitrogens with zero attached hydrogens (tertiary/aromatic N) is 3. The van der Waals surface area contributed by atoms with Gasteiger partial charge >= 0.3 is 6.18 Å². The van der Waals surface area contributed by atoms with Crippen LogP contribution in [0.3, 0.4) is 0 Å². The van der Waals surface area contributed by atoms with Crippen LogP contribution in [0.25, 0.3) is 0 Å². The van der Waals surface area contributed by atoms with E-state index in [1.807, 2.05) is 9.80 Å². The minimum atomic E-state index is -4.67. The number of likely N-dealkylation sites (tertiary alicyclic amines) is 1. The molecule has 2 aliphatic heterocycles. The molecule has 3 rings (SSSR count). The van der Waals surface area contributed by atoms with Crippen LogP contribution in [0.15, 0.2) is 23.1 Å². The Labute approximate surface area is 186 Å². The number of piperidine rings is 1. The van der Waals surface area contributed by atoms with Gasteiger partial charge < -0.3 is 4.90 Å². The predicted molar refractivity (Wildman–Crippen MR) is 111 cm³/mol. The summed E-state index contributed by atoms with van der Waals surface area (Å²) in [5.74, 6) is 0.925. The Hall–Kier alpha value is -1.36. The lowest BCUT2D eigenvalue weighted by atomic mass is 9.92. The minimum absolute atomic E-state index is 0.0237. The summed E-state index contributed by atoms with van der Waals surface area (Å²) in [6.45, 7) is 6.71. The van der Waals surface area contributed by atoms with Crippen LogP contribution in [-0.4, -0.2) is 74.2 Å². The average Bonchev–Trinajstić information content (AvgIpc) is 2.67. The van der Waals surface area contributed by atoms with Crippen molar-refractivity contribution >= 4 is 27.5 Å². The monoisotopic (exact) mass is 481 g/mol. The fraction of sp³-hybridized carbons (Fsp3) is 0.650. The Morgan fingerprint density at radius 3 is 2.23 bits per heavy atom. The zero-order valence-corrected chi connectivity index (χ0v) is 19.1. The number of alkyl halides is 3. The van der Waals surface area contributed by atoms with Crippen molar-refractivity contribution in [2.75, 3.05) is 45.8 Å². The molecule has 2 fully saturated rings. The van der Waals surface area contributed by atoms with E-state index in [-0.39, 0.29) is 30.6 Å². The Bertz CT molecular complexity index is 908. The van der Waals surface area contributed by atoms with Gasteiger partial charge in [-0.2, -0.15) is 17.5 Å². The zero-order chi connectivity index (χ0) is 23.0. The highest BCUT2D eigenvalue weighted by atomic mass is 35.5. The molecule has 174 valence electrons. The van der Waals surface area contributed by atoms with E-state index < -0.39 is 26.7 Å². The van der Waals surface area contributed by atoms with Crippen LogP contribution in [-0.2, 0) is 21.0 Å². The lowest BCUT2D eigenvalue weighted by Gasteiger charge is -2.38. The van der Waals surface area contributed by atoms with Crippen LogP contribution in [0.5, 0.6) is 0 Å². The first kappa shape index (κ1) is 24.3. The van der Waals surface area contributed by atoms with Crippen LogP contribution in [0.2, 0.25) is 5.02 Å². The van der Waals surface area contributed by atoms with Crippen molar-refractivity contribution in [3.8, 4) is 0 Å². The minimum Gasteiger partial charge on any atom is -0.341 e. The number of hydrogen-bond donors (Lipinski definition) is 0. The molecule has 0 aromatic heterocycles. The molecule has 0 spiro atoms. The molecule has 2 aliphatic rings. The number of piperazine rings is 1. The topological polar surface area (TPSA) is 60.9 Å². The Morgan fingerprint density at radius 1 is 1.10 bits per heavy atom. The maximum atomic E-state index is 13.0. The Balaban J connectivity index is 1.63. The molecule has 6 nitrogen and oxygen atoms in total. The second-order valence-corrected chi connectivity index (χ2v) is 10.9. The van der Waals surface area contributed by atoms with E-state index in [2.05, 4.69) is 13.8 Å². The molecule has 0 N–H and O–H groups in total. The van der Waals surface area contributed by atoms with Crippen molar-refractivity contribution in [2.45, 2.75) is 31.3 Å². The molecule has 31 heavy (non-hydrogen) atoms. The van der Waals surface area contributed by atoms with Crippen molar-refractivity contribution < 1.29 is 26.4 Å². The van der Waals surface area contributed by atoms with Gasteiger partial charge in [0.25, 0.3) is 0 Å². The van der Waals surface area contributed by atoms with Gasteiger partial charge in [-0.05, 0) is 36.5 Å². The second kappa shape index (κ2) is 9.25. The zero-order valence-electron chi connectivity index (χ0n) is 17.5. The maximum Gasteiger partial charge on any atom is 0.416 e. The quantitative estimate of drug-likeness (QED) is 0.662. The van der Waals surface area contributed by atoms with Gasteiger partial charge in [-0.15, -0.1) is 0 Å². The van der Waals surface area contributed by atoms with Gasteiger partial charge in [0.15, 0.2) is 0 Å². The molecule has 0 aliphatic carbocycles. The molecule has 0 saturated carbocycles. The third-order valence-corrected chi connectivity index (χ3v) is 8.17. The highest BCUT2D eigenvalue weighted by Crippen LogP contribution is 2.34. The summed E-state index contributed by atoms with van der Waals surface area (Å²) >= 11 is 5.92. The van der Waals surface area contributed by atoms with Gasteiger partial charge in [-0.1, -0.05) is 25.4 Å². The van der Waals surface area contributed by atoms with Crippen LogP contribution < -0.4 is 0 Å². The number of benzene rings is 1. The number of carbonyl (C=O) groups excluding carboxylic acids is 1. The van der Waals surface area contributed by atoms with E-state index in [9.17, 15) is 26.4 Å². The number of amides is 1. The third-order valence-electron chi connectivity index (χ3n) is 5.79. The highest BCUT2D eigenvalue weighted by Gasteiger charge is 2.36. The van der Waals surface area contributed by atoms with Crippen molar-refractivity contribution in [3.05, 3.63) is 28.8 Å². The summed E-state index contributed by atoms with van der Waals surface area (Å²) in [5.41, 5.74) is -1.07. The lowest BCUT2D eigenvalue weighted by molar-refractivity contribution is -0.137. The molecule has 0 radical (unpaired) electrons. The smallest absolute Gasteiger partial charge is 0.341 e. The molecule has 2 saturated heterocycles. The first-order valence-electron chi connectivity index (χ1n) is 10.2. The molecule has 2 atom stereocenters. The molecule has 0 bridgehead atoms. The van der Waals surface area contributed by atoms with Crippen molar-refractivity contribution in [1.82, 2.24) is 14.1 Å². The maximum absolute atomic E-state index is 13.0. The molecular weight excluding hydrogens is 455 g/mol. The average molecular weight is 482 g/mol.